The fourth-order valence-corrected chi connectivity index (χ4v) is 2.75. The second kappa shape index (κ2) is 15.0. The Kier molecular flexibility index (Phi) is 14.0. The predicted octanol–water partition coefficient (Wildman–Crippen LogP) is 8.03. The van der Waals surface area contributed by atoms with Crippen molar-refractivity contribution in [3.63, 3.8) is 0 Å². The summed E-state index contributed by atoms with van der Waals surface area (Å²) in [4.78, 5) is 0. The van der Waals surface area contributed by atoms with Gasteiger partial charge in [0.1, 0.15) is 0 Å². The number of halogens is 4. The van der Waals surface area contributed by atoms with Crippen molar-refractivity contribution in [1.82, 2.24) is 0 Å². The van der Waals surface area contributed by atoms with Gasteiger partial charge in [-0.3, -0.25) is 0 Å². The minimum Gasteiger partial charge on any atom is -0.385 e. The molecule has 0 rings (SSSR count). The number of ether oxygens (including phenoxy) is 2. The Morgan fingerprint density at radius 2 is 1.23 bits per heavy atom. The Bertz CT molecular complexity index is 719. The summed E-state index contributed by atoms with van der Waals surface area (Å²) in [6, 6.07) is 0. The van der Waals surface area contributed by atoms with E-state index in [1.807, 2.05) is 0 Å². The summed E-state index contributed by atoms with van der Waals surface area (Å²) >= 11 is 0. The zero-order valence-electron chi connectivity index (χ0n) is 19.3. The molecule has 31 heavy (non-hydrogen) atoms. The molecular formula is C25H36F4O2. The van der Waals surface area contributed by atoms with Gasteiger partial charge in [0, 0.05) is 38.6 Å². The summed E-state index contributed by atoms with van der Waals surface area (Å²) in [5, 5.41) is 0. The number of methoxy groups -OCH3 is 2. The zero-order chi connectivity index (χ0) is 24.1. The molecule has 0 aliphatic carbocycles. The summed E-state index contributed by atoms with van der Waals surface area (Å²) in [7, 11) is 3.11. The van der Waals surface area contributed by atoms with E-state index in [1.165, 1.54) is 7.11 Å². The van der Waals surface area contributed by atoms with Gasteiger partial charge < -0.3 is 9.47 Å². The Balaban J connectivity index is 5.21. The quantitative estimate of drug-likeness (QED) is 0.136. The van der Waals surface area contributed by atoms with Crippen molar-refractivity contribution in [3.8, 4) is 0 Å². The highest BCUT2D eigenvalue weighted by molar-refractivity contribution is 5.53. The van der Waals surface area contributed by atoms with Crippen molar-refractivity contribution in [2.24, 2.45) is 11.8 Å². The molecule has 0 spiro atoms. The van der Waals surface area contributed by atoms with E-state index in [-0.39, 0.29) is 23.5 Å². The van der Waals surface area contributed by atoms with E-state index in [0.717, 1.165) is 12.8 Å². The lowest BCUT2D eigenvalue weighted by Crippen LogP contribution is -2.06. The largest absolute Gasteiger partial charge is 0.385 e. The summed E-state index contributed by atoms with van der Waals surface area (Å²) in [6.07, 6.45) is 2.85. The Labute approximate surface area is 184 Å². The lowest BCUT2D eigenvalue weighted by atomic mass is 9.90. The lowest BCUT2D eigenvalue weighted by Gasteiger charge is -2.17. The van der Waals surface area contributed by atoms with Crippen LogP contribution in [0.5, 0.6) is 0 Å². The van der Waals surface area contributed by atoms with Crippen LogP contribution in [0.1, 0.15) is 46.0 Å². The highest BCUT2D eigenvalue weighted by atomic mass is 19.2. The predicted molar refractivity (Wildman–Crippen MR) is 120 cm³/mol. The van der Waals surface area contributed by atoms with Gasteiger partial charge in [0.15, 0.2) is 23.3 Å². The number of hydrogen-bond acceptors (Lipinski definition) is 2. The highest BCUT2D eigenvalue weighted by Crippen LogP contribution is 2.35. The van der Waals surface area contributed by atoms with Crippen LogP contribution in [0.2, 0.25) is 0 Å². The second-order valence-corrected chi connectivity index (χ2v) is 7.80. The summed E-state index contributed by atoms with van der Waals surface area (Å²) in [5.41, 5.74) is -1.52. The maximum atomic E-state index is 14.6. The van der Waals surface area contributed by atoms with Crippen LogP contribution in [-0.4, -0.2) is 27.4 Å². The molecule has 0 aromatic heterocycles. The zero-order valence-corrected chi connectivity index (χ0v) is 19.3. The lowest BCUT2D eigenvalue weighted by molar-refractivity contribution is 0.177. The van der Waals surface area contributed by atoms with E-state index in [2.05, 4.69) is 33.2 Å². The van der Waals surface area contributed by atoms with Crippen LogP contribution in [-0.2, 0) is 9.47 Å². The van der Waals surface area contributed by atoms with Gasteiger partial charge in [-0.2, -0.15) is 0 Å². The van der Waals surface area contributed by atoms with Crippen molar-refractivity contribution < 1.29 is 27.0 Å². The minimum atomic E-state index is -1.42. The average molecular weight is 445 g/mol. The van der Waals surface area contributed by atoms with Gasteiger partial charge in [0.2, 0.25) is 0 Å². The standard InChI is InChI=1S/C25H36F4O2/c1-16(13-15-31-8)11-12-17(2)19(4)23(27)25(29)21(6)20(5)24(28)22(26)18(3)10-9-14-30-7/h16-17H,3-6,9-15H2,1-2,7-8H3/b24-22-,25-23-. The first-order valence-electron chi connectivity index (χ1n) is 10.3. The van der Waals surface area contributed by atoms with Crippen molar-refractivity contribution >= 4 is 0 Å². The second-order valence-electron chi connectivity index (χ2n) is 7.80. The van der Waals surface area contributed by atoms with Gasteiger partial charge in [-0.15, -0.1) is 0 Å². The molecule has 2 unspecified atom stereocenters. The Morgan fingerprint density at radius 3 is 1.74 bits per heavy atom. The molecule has 0 N–H and O–H groups in total. The Morgan fingerprint density at radius 1 is 0.710 bits per heavy atom. The first-order chi connectivity index (χ1) is 14.5. The summed E-state index contributed by atoms with van der Waals surface area (Å²) < 4.78 is 67.8. The third kappa shape index (κ3) is 9.83. The molecule has 6 heteroatoms. The molecule has 0 fully saturated rings. The van der Waals surface area contributed by atoms with E-state index in [9.17, 15) is 17.6 Å². The molecule has 0 aromatic carbocycles. The topological polar surface area (TPSA) is 18.5 Å². The number of hydrogen-bond donors (Lipinski definition) is 0. The molecule has 0 heterocycles. The molecule has 176 valence electrons. The van der Waals surface area contributed by atoms with Crippen LogP contribution in [0.25, 0.3) is 0 Å². The van der Waals surface area contributed by atoms with E-state index < -0.39 is 34.5 Å². The summed E-state index contributed by atoms with van der Waals surface area (Å²) in [6.45, 7) is 18.6. The van der Waals surface area contributed by atoms with Gasteiger partial charge in [-0.1, -0.05) is 46.6 Å². The molecule has 0 bridgehead atoms. The van der Waals surface area contributed by atoms with Crippen LogP contribution in [0.15, 0.2) is 71.9 Å². The molecule has 0 radical (unpaired) electrons. The molecule has 0 aromatic rings. The van der Waals surface area contributed by atoms with Gasteiger partial charge in [-0.25, -0.2) is 17.6 Å². The smallest absolute Gasteiger partial charge is 0.166 e. The van der Waals surface area contributed by atoms with Crippen LogP contribution in [0, 0.1) is 11.8 Å². The minimum absolute atomic E-state index is 0.0563. The monoisotopic (exact) mass is 444 g/mol. The fraction of sp³-hybridized carbons (Fsp3) is 0.520. The van der Waals surface area contributed by atoms with E-state index in [0.29, 0.717) is 32.0 Å². The van der Waals surface area contributed by atoms with Gasteiger partial charge in [0.05, 0.1) is 0 Å². The normalized spacial score (nSPS) is 15.0. The van der Waals surface area contributed by atoms with E-state index in [1.54, 1.807) is 14.0 Å². The molecule has 0 saturated heterocycles. The van der Waals surface area contributed by atoms with Crippen molar-refractivity contribution in [1.29, 1.82) is 0 Å². The van der Waals surface area contributed by atoms with Crippen LogP contribution in [0.4, 0.5) is 17.6 Å². The molecule has 0 saturated carbocycles. The Hall–Kier alpha value is -1.92. The number of allylic oxidation sites excluding steroid dienone is 8. The van der Waals surface area contributed by atoms with Gasteiger partial charge >= 0.3 is 0 Å². The van der Waals surface area contributed by atoms with Crippen LogP contribution in [0.3, 0.4) is 0 Å². The van der Waals surface area contributed by atoms with Crippen molar-refractivity contribution in [2.45, 2.75) is 46.0 Å². The van der Waals surface area contributed by atoms with E-state index in [4.69, 9.17) is 9.47 Å². The fourth-order valence-electron chi connectivity index (χ4n) is 2.75. The first-order valence-corrected chi connectivity index (χ1v) is 10.3. The first kappa shape index (κ1) is 29.1. The highest BCUT2D eigenvalue weighted by Gasteiger charge is 2.23. The maximum absolute atomic E-state index is 14.6. The van der Waals surface area contributed by atoms with Crippen molar-refractivity contribution in [3.05, 3.63) is 71.9 Å². The molecular weight excluding hydrogens is 408 g/mol. The van der Waals surface area contributed by atoms with Gasteiger partial charge in [0.25, 0.3) is 0 Å². The third-order valence-corrected chi connectivity index (χ3v) is 5.20. The molecule has 2 atom stereocenters. The van der Waals surface area contributed by atoms with Gasteiger partial charge in [-0.05, 0) is 48.7 Å². The molecule has 0 aliphatic rings. The maximum Gasteiger partial charge on any atom is 0.166 e. The SMILES string of the molecule is C=C(CCCOC)/C(F)=C(/F)C(=C)C(=C)/C(F)=C(/F)C(=C)C(C)CCC(C)CCOC. The van der Waals surface area contributed by atoms with Crippen molar-refractivity contribution in [2.75, 3.05) is 27.4 Å². The number of rotatable bonds is 16. The van der Waals surface area contributed by atoms with Crippen LogP contribution >= 0.6 is 0 Å². The van der Waals surface area contributed by atoms with E-state index >= 15 is 0 Å². The molecule has 0 amide bonds. The third-order valence-electron chi connectivity index (χ3n) is 5.20. The molecule has 0 aliphatic heterocycles. The molecule has 2 nitrogen and oxygen atoms in total. The average Bonchev–Trinajstić information content (AvgIpc) is 2.77. The summed E-state index contributed by atoms with van der Waals surface area (Å²) in [5.74, 6) is -5.28. The van der Waals surface area contributed by atoms with Crippen LogP contribution < -0.4 is 0 Å².